The van der Waals surface area contributed by atoms with E-state index in [0.29, 0.717) is 19.0 Å². The number of hydrogen-bond acceptors (Lipinski definition) is 5. The Kier molecular flexibility index (Phi) is 4.55. The minimum atomic E-state index is -0.912. The number of fused-ring (bicyclic) bond motifs is 2. The zero-order valence-corrected chi connectivity index (χ0v) is 14.6. The first-order chi connectivity index (χ1) is 11.8. The van der Waals surface area contributed by atoms with E-state index < -0.39 is 17.1 Å². The molecule has 2 aliphatic heterocycles. The quantitative estimate of drug-likeness (QED) is 0.810. The summed E-state index contributed by atoms with van der Waals surface area (Å²) in [7, 11) is 0. The van der Waals surface area contributed by atoms with Crippen molar-refractivity contribution < 1.29 is 14.7 Å². The predicted molar refractivity (Wildman–Crippen MR) is 91.4 cm³/mol. The van der Waals surface area contributed by atoms with Crippen LogP contribution in [-0.2, 0) is 6.54 Å². The lowest BCUT2D eigenvalue weighted by molar-refractivity contribution is 0.0183. The van der Waals surface area contributed by atoms with Gasteiger partial charge in [0.1, 0.15) is 11.7 Å². The van der Waals surface area contributed by atoms with Gasteiger partial charge < -0.3 is 20.3 Å². The first kappa shape index (κ1) is 17.5. The van der Waals surface area contributed by atoms with Crippen LogP contribution in [0.25, 0.3) is 0 Å². The molecule has 2 amide bonds. The Morgan fingerprint density at radius 3 is 2.64 bits per heavy atom. The van der Waals surface area contributed by atoms with Gasteiger partial charge in [0, 0.05) is 25.8 Å². The summed E-state index contributed by atoms with van der Waals surface area (Å²) in [5, 5.41) is 10.2. The molecule has 0 bridgehead atoms. The number of primary amides is 1. The summed E-state index contributed by atoms with van der Waals surface area (Å²) in [6.07, 6.45) is 3.00. The van der Waals surface area contributed by atoms with Crippen LogP contribution in [0.3, 0.4) is 0 Å². The number of aromatic hydroxyl groups is 1. The van der Waals surface area contributed by atoms with E-state index in [1.165, 1.54) is 10.8 Å². The van der Waals surface area contributed by atoms with Crippen LogP contribution in [0.4, 0.5) is 0 Å². The van der Waals surface area contributed by atoms with E-state index in [1.807, 2.05) is 0 Å². The third-order valence-corrected chi connectivity index (χ3v) is 4.82. The molecule has 0 spiro atoms. The van der Waals surface area contributed by atoms with E-state index in [9.17, 15) is 19.5 Å². The molecule has 8 nitrogen and oxygen atoms in total. The maximum Gasteiger partial charge on any atom is 0.275 e. The lowest BCUT2D eigenvalue weighted by Gasteiger charge is -2.42. The molecular weight excluding hydrogens is 324 g/mol. The Morgan fingerprint density at radius 1 is 1.32 bits per heavy atom. The lowest BCUT2D eigenvalue weighted by atomic mass is 10.1. The van der Waals surface area contributed by atoms with Gasteiger partial charge in [0.15, 0.2) is 11.4 Å². The number of nitrogens with two attached hydrogens (primary N) is 1. The topological polar surface area (TPSA) is 109 Å². The number of aromatic nitrogens is 1. The largest absolute Gasteiger partial charge is 0.503 e. The van der Waals surface area contributed by atoms with Gasteiger partial charge in [0.2, 0.25) is 5.43 Å². The molecule has 3 heterocycles. The van der Waals surface area contributed by atoms with Gasteiger partial charge in [-0.1, -0.05) is 13.8 Å². The molecule has 1 aromatic heterocycles. The van der Waals surface area contributed by atoms with Crippen LogP contribution in [0.15, 0.2) is 11.0 Å². The fourth-order valence-electron chi connectivity index (χ4n) is 3.73. The van der Waals surface area contributed by atoms with Crippen LogP contribution in [0.1, 0.15) is 47.5 Å². The highest BCUT2D eigenvalue weighted by Gasteiger charge is 2.39. The minimum Gasteiger partial charge on any atom is -0.503 e. The van der Waals surface area contributed by atoms with Crippen LogP contribution >= 0.6 is 0 Å². The zero-order valence-electron chi connectivity index (χ0n) is 14.6. The van der Waals surface area contributed by atoms with Crippen LogP contribution < -0.4 is 11.2 Å². The van der Waals surface area contributed by atoms with Gasteiger partial charge in [-0.25, -0.2) is 0 Å². The molecule has 136 valence electrons. The first-order valence-electron chi connectivity index (χ1n) is 8.62. The van der Waals surface area contributed by atoms with Crippen LogP contribution in [0.5, 0.6) is 5.75 Å². The predicted octanol–water partition coefficient (Wildman–Crippen LogP) is 0.187. The van der Waals surface area contributed by atoms with Crippen LogP contribution in [0, 0.1) is 5.92 Å². The van der Waals surface area contributed by atoms with Gasteiger partial charge in [-0.15, -0.1) is 0 Å². The molecule has 3 rings (SSSR count). The van der Waals surface area contributed by atoms with E-state index in [0.717, 1.165) is 25.9 Å². The lowest BCUT2D eigenvalue weighted by Crippen LogP contribution is -2.56. The van der Waals surface area contributed by atoms with Crippen LogP contribution in [-0.4, -0.2) is 57.1 Å². The van der Waals surface area contributed by atoms with E-state index in [-0.39, 0.29) is 23.3 Å². The van der Waals surface area contributed by atoms with Gasteiger partial charge >= 0.3 is 0 Å². The Morgan fingerprint density at radius 2 is 2.00 bits per heavy atom. The first-order valence-corrected chi connectivity index (χ1v) is 8.62. The highest BCUT2D eigenvalue weighted by atomic mass is 16.3. The second-order valence-corrected chi connectivity index (χ2v) is 7.16. The van der Waals surface area contributed by atoms with Gasteiger partial charge in [-0.05, 0) is 18.8 Å². The highest BCUT2D eigenvalue weighted by Crippen LogP contribution is 2.28. The van der Waals surface area contributed by atoms with Crippen molar-refractivity contribution >= 4 is 11.8 Å². The molecule has 1 atom stereocenters. The number of rotatable bonds is 3. The van der Waals surface area contributed by atoms with Gasteiger partial charge in [-0.2, -0.15) is 0 Å². The van der Waals surface area contributed by atoms with Crippen molar-refractivity contribution in [1.82, 2.24) is 14.4 Å². The van der Waals surface area contributed by atoms with Crippen molar-refractivity contribution in [2.75, 3.05) is 19.6 Å². The van der Waals surface area contributed by atoms with Crippen LogP contribution in [0.2, 0.25) is 0 Å². The van der Waals surface area contributed by atoms with E-state index in [2.05, 4.69) is 18.7 Å². The second kappa shape index (κ2) is 6.51. The van der Waals surface area contributed by atoms with Crippen molar-refractivity contribution in [3.63, 3.8) is 0 Å². The summed E-state index contributed by atoms with van der Waals surface area (Å²) >= 11 is 0. The Hall–Kier alpha value is -2.35. The highest BCUT2D eigenvalue weighted by molar-refractivity contribution is 5.98. The van der Waals surface area contributed by atoms with Crippen molar-refractivity contribution in [3.8, 4) is 5.75 Å². The monoisotopic (exact) mass is 348 g/mol. The molecule has 1 unspecified atom stereocenters. The smallest absolute Gasteiger partial charge is 0.275 e. The standard InChI is InChI=1S/C17H24N4O4/c1-10(2)7-19-5-3-4-6-21-12(19)9-20-8-11(16(18)24)14(22)15(23)13(20)17(21)25/h8,10,12,23H,3-7,9H2,1-2H3,(H2,18,24). The Labute approximate surface area is 145 Å². The number of nitrogens with zero attached hydrogens (tertiary/aromatic N) is 3. The third-order valence-electron chi connectivity index (χ3n) is 4.82. The van der Waals surface area contributed by atoms with E-state index >= 15 is 0 Å². The molecule has 25 heavy (non-hydrogen) atoms. The molecule has 1 saturated heterocycles. The summed E-state index contributed by atoms with van der Waals surface area (Å²) in [5.74, 6) is -1.54. The second-order valence-electron chi connectivity index (χ2n) is 7.16. The average molecular weight is 348 g/mol. The molecule has 0 saturated carbocycles. The molecule has 3 N–H and O–H groups in total. The van der Waals surface area contributed by atoms with Gasteiger partial charge in [-0.3, -0.25) is 19.3 Å². The Balaban J connectivity index is 2.09. The fourth-order valence-corrected chi connectivity index (χ4v) is 3.73. The molecule has 8 heteroatoms. The SMILES string of the molecule is CC(C)CN1CCCCN2C(=O)c3c(O)c(=O)c(C(N)=O)cn3CC12. The van der Waals surface area contributed by atoms with E-state index in [4.69, 9.17) is 5.73 Å². The number of carbonyl (C=O) groups is 2. The van der Waals surface area contributed by atoms with Gasteiger partial charge in [0.05, 0.1) is 6.54 Å². The molecule has 2 aliphatic rings. The normalized spacial score (nSPS) is 21.0. The Bertz CT molecular complexity index is 771. The molecular formula is C17H24N4O4. The van der Waals surface area contributed by atoms with Crippen molar-refractivity contribution in [2.24, 2.45) is 11.7 Å². The molecule has 1 aromatic rings. The number of amides is 2. The summed E-state index contributed by atoms with van der Waals surface area (Å²) in [5.41, 5.74) is 3.99. The minimum absolute atomic E-state index is 0.0577. The number of pyridine rings is 1. The maximum absolute atomic E-state index is 13.0. The molecule has 0 aliphatic carbocycles. The van der Waals surface area contributed by atoms with Crippen molar-refractivity contribution in [1.29, 1.82) is 0 Å². The molecule has 0 radical (unpaired) electrons. The summed E-state index contributed by atoms with van der Waals surface area (Å²) < 4.78 is 1.50. The summed E-state index contributed by atoms with van der Waals surface area (Å²) in [4.78, 5) is 40.5. The average Bonchev–Trinajstić information content (AvgIpc) is 2.73. The molecule has 0 aromatic carbocycles. The van der Waals surface area contributed by atoms with Gasteiger partial charge in [0.25, 0.3) is 11.8 Å². The fraction of sp³-hybridized carbons (Fsp3) is 0.588. The third kappa shape index (κ3) is 3.02. The van der Waals surface area contributed by atoms with E-state index in [1.54, 1.807) is 4.90 Å². The summed E-state index contributed by atoms with van der Waals surface area (Å²) in [6.45, 7) is 6.96. The maximum atomic E-state index is 13.0. The van der Waals surface area contributed by atoms with Crippen molar-refractivity contribution in [2.45, 2.75) is 39.4 Å². The molecule has 1 fully saturated rings. The summed E-state index contributed by atoms with van der Waals surface area (Å²) in [6, 6.07) is 0. The van der Waals surface area contributed by atoms with Crippen molar-refractivity contribution in [3.05, 3.63) is 27.7 Å². The zero-order chi connectivity index (χ0) is 18.3. The number of carbonyl (C=O) groups excluding carboxylic acids is 2. The number of hydrogen-bond donors (Lipinski definition) is 2.